The molecule has 0 bridgehead atoms. The van der Waals surface area contributed by atoms with Gasteiger partial charge in [0.25, 0.3) is 0 Å². The molecule has 1 aromatic carbocycles. The fraction of sp³-hybridized carbons (Fsp3) is 0.533. The summed E-state index contributed by atoms with van der Waals surface area (Å²) in [5.41, 5.74) is 2.38. The van der Waals surface area contributed by atoms with E-state index in [1.165, 1.54) is 5.56 Å². The second-order valence-electron chi connectivity index (χ2n) is 5.19. The lowest BCUT2D eigenvalue weighted by molar-refractivity contribution is -0.141. The van der Waals surface area contributed by atoms with Gasteiger partial charge in [0.15, 0.2) is 0 Å². The van der Waals surface area contributed by atoms with Gasteiger partial charge in [-0.05, 0) is 43.0 Å². The Labute approximate surface area is 114 Å². The average molecular weight is 263 g/mol. The highest BCUT2D eigenvalue weighted by Crippen LogP contribution is 2.28. The summed E-state index contributed by atoms with van der Waals surface area (Å²) in [6.45, 7) is 3.29. The van der Waals surface area contributed by atoms with Crippen LogP contribution in [-0.2, 0) is 11.2 Å². The molecule has 2 rings (SSSR count). The number of aryl methyl sites for hydroxylation is 1. The quantitative estimate of drug-likeness (QED) is 0.887. The Morgan fingerprint density at radius 2 is 2.32 bits per heavy atom. The van der Waals surface area contributed by atoms with E-state index in [0.29, 0.717) is 6.42 Å². The highest BCUT2D eigenvalue weighted by Gasteiger charge is 2.14. The Kier molecular flexibility index (Phi) is 4.30. The molecule has 0 spiro atoms. The van der Waals surface area contributed by atoms with Crippen molar-refractivity contribution in [3.05, 3.63) is 23.8 Å². The van der Waals surface area contributed by atoms with Crippen LogP contribution in [0.4, 0.5) is 5.69 Å². The van der Waals surface area contributed by atoms with Gasteiger partial charge in [-0.25, -0.2) is 0 Å². The first-order valence-corrected chi connectivity index (χ1v) is 6.77. The molecule has 0 amide bonds. The van der Waals surface area contributed by atoms with Crippen molar-refractivity contribution in [3.63, 3.8) is 0 Å². The minimum atomic E-state index is -0.729. The summed E-state index contributed by atoms with van der Waals surface area (Å²) in [6.07, 6.45) is 2.78. The number of nitrogens with zero attached hydrogens (tertiary/aromatic N) is 1. The van der Waals surface area contributed by atoms with Gasteiger partial charge >= 0.3 is 5.97 Å². The number of carboxylic acids is 1. The number of benzene rings is 1. The molecular weight excluding hydrogens is 242 g/mol. The van der Waals surface area contributed by atoms with Crippen LogP contribution in [0, 0.1) is 5.92 Å². The minimum absolute atomic E-state index is 0.302. The van der Waals surface area contributed by atoms with Gasteiger partial charge in [0.05, 0.1) is 12.5 Å². The van der Waals surface area contributed by atoms with Crippen molar-refractivity contribution in [1.82, 2.24) is 0 Å². The molecule has 0 aromatic heterocycles. The predicted octanol–water partition coefficient (Wildman–Crippen LogP) is 2.56. The van der Waals surface area contributed by atoms with Gasteiger partial charge in [0, 0.05) is 19.3 Å². The Morgan fingerprint density at radius 1 is 1.53 bits per heavy atom. The van der Waals surface area contributed by atoms with Crippen molar-refractivity contribution in [2.45, 2.75) is 26.2 Å². The molecule has 0 aliphatic carbocycles. The van der Waals surface area contributed by atoms with E-state index in [1.54, 1.807) is 6.92 Å². The Bertz CT molecular complexity index is 459. The van der Waals surface area contributed by atoms with Crippen LogP contribution in [0.25, 0.3) is 0 Å². The van der Waals surface area contributed by atoms with Crippen LogP contribution in [0.1, 0.15) is 25.3 Å². The maximum atomic E-state index is 10.8. The molecular formula is C15H21NO3. The second kappa shape index (κ2) is 5.95. The third kappa shape index (κ3) is 3.40. The van der Waals surface area contributed by atoms with E-state index >= 15 is 0 Å². The molecule has 1 aliphatic rings. The number of hydrogen-bond donors (Lipinski definition) is 1. The van der Waals surface area contributed by atoms with Gasteiger partial charge < -0.3 is 14.7 Å². The number of carboxylic acid groups (broad SMARTS) is 1. The molecule has 0 fully saturated rings. The summed E-state index contributed by atoms with van der Waals surface area (Å²) in [5.74, 6) is -0.0436. The fourth-order valence-corrected chi connectivity index (χ4v) is 2.22. The van der Waals surface area contributed by atoms with E-state index in [4.69, 9.17) is 9.84 Å². The van der Waals surface area contributed by atoms with E-state index in [1.807, 2.05) is 19.2 Å². The molecule has 19 heavy (non-hydrogen) atoms. The average Bonchev–Trinajstić information content (AvgIpc) is 2.43. The summed E-state index contributed by atoms with van der Waals surface area (Å²) in [4.78, 5) is 12.9. The number of rotatable bonds is 5. The Morgan fingerprint density at radius 3 is 3.05 bits per heavy atom. The van der Waals surface area contributed by atoms with E-state index in [-0.39, 0.29) is 5.92 Å². The highest BCUT2D eigenvalue weighted by atomic mass is 16.5. The van der Waals surface area contributed by atoms with Crippen molar-refractivity contribution in [1.29, 1.82) is 0 Å². The van der Waals surface area contributed by atoms with Crippen LogP contribution in [0.15, 0.2) is 18.2 Å². The summed E-state index contributed by atoms with van der Waals surface area (Å²) in [6, 6.07) is 6.20. The molecule has 4 nitrogen and oxygen atoms in total. The first-order valence-electron chi connectivity index (χ1n) is 6.77. The number of aliphatic carboxylic acids is 1. The van der Waals surface area contributed by atoms with Crippen LogP contribution >= 0.6 is 0 Å². The van der Waals surface area contributed by atoms with Crippen molar-refractivity contribution >= 4 is 11.7 Å². The third-order valence-electron chi connectivity index (χ3n) is 3.65. The first kappa shape index (κ1) is 13.7. The SMILES string of the molecule is CC(CCN(C)c1ccc2c(c1)CCCO2)C(=O)O. The number of fused-ring (bicyclic) bond motifs is 1. The van der Waals surface area contributed by atoms with Gasteiger partial charge in [-0.2, -0.15) is 0 Å². The van der Waals surface area contributed by atoms with Crippen molar-refractivity contribution in [2.24, 2.45) is 5.92 Å². The summed E-state index contributed by atoms with van der Waals surface area (Å²) in [7, 11) is 2.00. The van der Waals surface area contributed by atoms with Crippen molar-refractivity contribution in [2.75, 3.05) is 25.1 Å². The van der Waals surface area contributed by atoms with Crippen LogP contribution < -0.4 is 9.64 Å². The molecule has 1 heterocycles. The maximum absolute atomic E-state index is 10.8. The lowest BCUT2D eigenvalue weighted by atomic mass is 10.0. The first-order chi connectivity index (χ1) is 9.08. The molecule has 1 aliphatic heterocycles. The standard InChI is InChI=1S/C15H21NO3/c1-11(15(17)18)7-8-16(2)13-5-6-14-12(10-13)4-3-9-19-14/h5-6,10-11H,3-4,7-9H2,1-2H3,(H,17,18). The maximum Gasteiger partial charge on any atom is 0.306 e. The lowest BCUT2D eigenvalue weighted by Gasteiger charge is -2.23. The van der Waals surface area contributed by atoms with Crippen LogP contribution in [0.5, 0.6) is 5.75 Å². The van der Waals surface area contributed by atoms with Gasteiger partial charge in [0.1, 0.15) is 5.75 Å². The van der Waals surface area contributed by atoms with E-state index in [2.05, 4.69) is 11.0 Å². The molecule has 4 heteroatoms. The summed E-state index contributed by atoms with van der Waals surface area (Å²) >= 11 is 0. The number of hydrogen-bond acceptors (Lipinski definition) is 3. The normalized spacial score (nSPS) is 15.3. The summed E-state index contributed by atoms with van der Waals surface area (Å²) in [5, 5.41) is 8.89. The molecule has 0 saturated carbocycles. The van der Waals surface area contributed by atoms with E-state index in [0.717, 1.165) is 37.4 Å². The third-order valence-corrected chi connectivity index (χ3v) is 3.65. The lowest BCUT2D eigenvalue weighted by Crippen LogP contribution is -2.23. The topological polar surface area (TPSA) is 49.8 Å². The van der Waals surface area contributed by atoms with Crippen LogP contribution in [0.2, 0.25) is 0 Å². The molecule has 1 aromatic rings. The largest absolute Gasteiger partial charge is 0.493 e. The number of ether oxygens (including phenoxy) is 1. The van der Waals surface area contributed by atoms with Gasteiger partial charge in [-0.15, -0.1) is 0 Å². The molecule has 104 valence electrons. The molecule has 1 unspecified atom stereocenters. The Balaban J connectivity index is 1.99. The second-order valence-corrected chi connectivity index (χ2v) is 5.19. The monoisotopic (exact) mass is 263 g/mol. The highest BCUT2D eigenvalue weighted by molar-refractivity contribution is 5.69. The smallest absolute Gasteiger partial charge is 0.306 e. The zero-order chi connectivity index (χ0) is 13.8. The van der Waals surface area contributed by atoms with Crippen LogP contribution in [-0.4, -0.2) is 31.3 Å². The minimum Gasteiger partial charge on any atom is -0.493 e. The zero-order valence-electron chi connectivity index (χ0n) is 11.6. The number of carbonyl (C=O) groups is 1. The van der Waals surface area contributed by atoms with Gasteiger partial charge in [-0.1, -0.05) is 6.92 Å². The van der Waals surface area contributed by atoms with Gasteiger partial charge in [0.2, 0.25) is 0 Å². The molecule has 1 N–H and O–H groups in total. The van der Waals surface area contributed by atoms with Crippen molar-refractivity contribution < 1.29 is 14.6 Å². The molecule has 1 atom stereocenters. The molecule has 0 saturated heterocycles. The molecule has 0 radical (unpaired) electrons. The van der Waals surface area contributed by atoms with Crippen LogP contribution in [0.3, 0.4) is 0 Å². The van der Waals surface area contributed by atoms with E-state index < -0.39 is 5.97 Å². The van der Waals surface area contributed by atoms with Gasteiger partial charge in [-0.3, -0.25) is 4.79 Å². The predicted molar refractivity (Wildman–Crippen MR) is 74.9 cm³/mol. The van der Waals surface area contributed by atoms with Crippen molar-refractivity contribution in [3.8, 4) is 5.75 Å². The van der Waals surface area contributed by atoms with E-state index in [9.17, 15) is 4.79 Å². The Hall–Kier alpha value is -1.71. The zero-order valence-corrected chi connectivity index (χ0v) is 11.6. The number of anilines is 1. The fourth-order valence-electron chi connectivity index (χ4n) is 2.22. The summed E-state index contributed by atoms with van der Waals surface area (Å²) < 4.78 is 5.59.